The molecular formula is C17H17NO5. The average Bonchev–Trinajstić information content (AvgIpc) is 3.09. The fourth-order valence-electron chi connectivity index (χ4n) is 4.53. The second-order valence-electron chi connectivity index (χ2n) is 6.70. The molecule has 0 aromatic heterocycles. The number of nitrogens with zero attached hydrogens (tertiary/aromatic N) is 1. The summed E-state index contributed by atoms with van der Waals surface area (Å²) in [4.78, 5) is 14.6. The van der Waals surface area contributed by atoms with Crippen molar-refractivity contribution in [3.8, 4) is 11.5 Å². The molecule has 4 aliphatic rings. The Morgan fingerprint density at radius 2 is 2.09 bits per heavy atom. The largest absolute Gasteiger partial charge is 0.456 e. The Morgan fingerprint density at radius 1 is 1.30 bits per heavy atom. The van der Waals surface area contributed by atoms with Crippen LogP contribution in [0.25, 0.3) is 0 Å². The van der Waals surface area contributed by atoms with E-state index in [0.717, 1.165) is 5.56 Å². The highest BCUT2D eigenvalue weighted by atomic mass is 16.7. The van der Waals surface area contributed by atoms with Crippen LogP contribution in [-0.4, -0.2) is 54.6 Å². The fraction of sp³-hybridized carbons (Fsp3) is 0.471. The van der Waals surface area contributed by atoms with E-state index >= 15 is 0 Å². The summed E-state index contributed by atoms with van der Waals surface area (Å²) in [5.74, 6) is 0.931. The first-order valence-corrected chi connectivity index (χ1v) is 7.82. The van der Waals surface area contributed by atoms with E-state index in [2.05, 4.69) is 4.90 Å². The maximum absolute atomic E-state index is 12.5. The van der Waals surface area contributed by atoms with Gasteiger partial charge in [0.15, 0.2) is 11.5 Å². The molecule has 0 bridgehead atoms. The number of esters is 1. The molecule has 120 valence electrons. The number of rotatable bonds is 0. The number of likely N-dealkylation sites (N-methyl/N-ethyl adjacent to an activating group) is 1. The summed E-state index contributed by atoms with van der Waals surface area (Å²) in [5.41, 5.74) is 1.02. The van der Waals surface area contributed by atoms with E-state index < -0.39 is 11.5 Å². The quantitative estimate of drug-likeness (QED) is 0.565. The number of benzene rings is 1. The molecule has 4 atom stereocenters. The Hall–Kier alpha value is -2.05. The molecule has 1 aliphatic carbocycles. The number of carbonyl (C=O) groups excluding carboxylic acids is 1. The standard InChI is InChI=1S/C17H17NO5/c1-18-7-15-17(3-2-9(19)4-14(17)18)11-6-13-12(21-8-22-13)5-10(11)16(20)23-15/h2-3,5-6,9,14-15,19H,4,7-8H2,1H3/t9-,14-,15-,17-/m0/s1. The minimum atomic E-state index is -0.470. The van der Waals surface area contributed by atoms with Gasteiger partial charge in [-0.2, -0.15) is 0 Å². The molecule has 6 heteroatoms. The van der Waals surface area contributed by atoms with E-state index in [1.807, 2.05) is 25.3 Å². The molecule has 0 amide bonds. The van der Waals surface area contributed by atoms with Gasteiger partial charge >= 0.3 is 5.97 Å². The lowest BCUT2D eigenvalue weighted by Gasteiger charge is -2.44. The molecule has 1 spiro atoms. The summed E-state index contributed by atoms with van der Waals surface area (Å²) in [7, 11) is 2.01. The van der Waals surface area contributed by atoms with E-state index in [9.17, 15) is 9.90 Å². The Labute approximate surface area is 133 Å². The fourth-order valence-corrected chi connectivity index (χ4v) is 4.53. The Kier molecular flexibility index (Phi) is 2.49. The normalized spacial score (nSPS) is 37.1. The Morgan fingerprint density at radius 3 is 2.91 bits per heavy atom. The monoisotopic (exact) mass is 315 g/mol. The Balaban J connectivity index is 1.78. The van der Waals surface area contributed by atoms with Crippen molar-refractivity contribution in [2.45, 2.75) is 30.1 Å². The summed E-state index contributed by atoms with van der Waals surface area (Å²) >= 11 is 0. The lowest BCUT2D eigenvalue weighted by atomic mass is 9.65. The van der Waals surface area contributed by atoms with Gasteiger partial charge in [0.1, 0.15) is 6.10 Å². The van der Waals surface area contributed by atoms with Crippen molar-refractivity contribution in [3.63, 3.8) is 0 Å². The van der Waals surface area contributed by atoms with E-state index in [1.165, 1.54) is 0 Å². The highest BCUT2D eigenvalue weighted by Gasteiger charge is 2.59. The number of hydrogen-bond donors (Lipinski definition) is 1. The van der Waals surface area contributed by atoms with Crippen LogP contribution in [0, 0.1) is 0 Å². The molecule has 1 aromatic carbocycles. The smallest absolute Gasteiger partial charge is 0.338 e. The lowest BCUT2D eigenvalue weighted by molar-refractivity contribution is 0.0130. The molecule has 1 fully saturated rings. The predicted molar refractivity (Wildman–Crippen MR) is 79.6 cm³/mol. The number of carbonyl (C=O) groups is 1. The molecule has 6 nitrogen and oxygen atoms in total. The van der Waals surface area contributed by atoms with Gasteiger partial charge in [0.25, 0.3) is 0 Å². The van der Waals surface area contributed by atoms with Gasteiger partial charge in [-0.25, -0.2) is 4.79 Å². The molecule has 0 unspecified atom stereocenters. The zero-order valence-corrected chi connectivity index (χ0v) is 12.7. The van der Waals surface area contributed by atoms with Crippen molar-refractivity contribution in [1.29, 1.82) is 0 Å². The van der Waals surface area contributed by atoms with Crippen LogP contribution in [-0.2, 0) is 10.2 Å². The summed E-state index contributed by atoms with van der Waals surface area (Å²) in [6.45, 7) is 0.822. The van der Waals surface area contributed by atoms with Crippen molar-refractivity contribution in [2.75, 3.05) is 20.4 Å². The van der Waals surface area contributed by atoms with Crippen LogP contribution < -0.4 is 9.47 Å². The molecule has 0 radical (unpaired) electrons. The topological polar surface area (TPSA) is 68.2 Å². The van der Waals surface area contributed by atoms with Crippen LogP contribution >= 0.6 is 0 Å². The van der Waals surface area contributed by atoms with Crippen LogP contribution in [0.1, 0.15) is 22.3 Å². The maximum Gasteiger partial charge on any atom is 0.338 e. The average molecular weight is 315 g/mol. The summed E-state index contributed by atoms with van der Waals surface area (Å²) in [6, 6.07) is 3.72. The molecule has 1 saturated heterocycles. The second-order valence-corrected chi connectivity index (χ2v) is 6.70. The number of likely N-dealkylation sites (tertiary alicyclic amines) is 1. The van der Waals surface area contributed by atoms with Crippen LogP contribution in [0.15, 0.2) is 24.3 Å². The van der Waals surface area contributed by atoms with E-state index in [0.29, 0.717) is 30.0 Å². The van der Waals surface area contributed by atoms with Crippen molar-refractivity contribution < 1.29 is 24.1 Å². The van der Waals surface area contributed by atoms with Crippen LogP contribution in [0.3, 0.4) is 0 Å². The first kappa shape index (κ1) is 13.4. The summed E-state index contributed by atoms with van der Waals surface area (Å²) < 4.78 is 16.7. The highest BCUT2D eigenvalue weighted by molar-refractivity contribution is 5.94. The molecule has 0 saturated carbocycles. The van der Waals surface area contributed by atoms with E-state index in [-0.39, 0.29) is 24.9 Å². The molecular weight excluding hydrogens is 298 g/mol. The van der Waals surface area contributed by atoms with Crippen molar-refractivity contribution >= 4 is 5.97 Å². The molecule has 5 rings (SSSR count). The zero-order valence-electron chi connectivity index (χ0n) is 12.7. The minimum absolute atomic E-state index is 0.0831. The van der Waals surface area contributed by atoms with E-state index in [1.54, 1.807) is 6.07 Å². The van der Waals surface area contributed by atoms with Crippen molar-refractivity contribution in [1.82, 2.24) is 4.90 Å². The van der Waals surface area contributed by atoms with Gasteiger partial charge in [-0.05, 0) is 31.2 Å². The SMILES string of the molecule is CN1C[C@@H]2OC(=O)c3cc4c(cc3[C@]23C=C[C@H](O)C[C@H]13)OCO4. The van der Waals surface area contributed by atoms with Crippen LogP contribution in [0.2, 0.25) is 0 Å². The molecule has 1 aromatic rings. The third kappa shape index (κ3) is 1.57. The van der Waals surface area contributed by atoms with Gasteiger partial charge in [-0.3, -0.25) is 4.90 Å². The highest BCUT2D eigenvalue weighted by Crippen LogP contribution is 2.52. The number of ether oxygens (including phenoxy) is 3. The third-order valence-corrected chi connectivity index (χ3v) is 5.58. The number of hydrogen-bond acceptors (Lipinski definition) is 6. The second kappa shape index (κ2) is 4.27. The number of fused-ring (bicyclic) bond motifs is 2. The number of aliphatic hydroxyl groups excluding tert-OH is 1. The van der Waals surface area contributed by atoms with Crippen LogP contribution in [0.5, 0.6) is 11.5 Å². The lowest BCUT2D eigenvalue weighted by Crippen LogP contribution is -2.52. The van der Waals surface area contributed by atoms with Gasteiger partial charge in [-0.15, -0.1) is 0 Å². The first-order chi connectivity index (χ1) is 11.1. The molecule has 23 heavy (non-hydrogen) atoms. The van der Waals surface area contributed by atoms with Crippen LogP contribution in [0.4, 0.5) is 0 Å². The van der Waals surface area contributed by atoms with Crippen molar-refractivity contribution in [2.24, 2.45) is 0 Å². The maximum atomic E-state index is 12.5. The minimum Gasteiger partial charge on any atom is -0.456 e. The van der Waals surface area contributed by atoms with Gasteiger partial charge in [0.05, 0.1) is 17.1 Å². The first-order valence-electron chi connectivity index (χ1n) is 7.82. The van der Waals surface area contributed by atoms with Gasteiger partial charge < -0.3 is 19.3 Å². The molecule has 3 aliphatic heterocycles. The van der Waals surface area contributed by atoms with Gasteiger partial charge in [0, 0.05) is 12.6 Å². The molecule has 1 N–H and O–H groups in total. The van der Waals surface area contributed by atoms with Gasteiger partial charge in [0.2, 0.25) is 6.79 Å². The Bertz CT molecular complexity index is 745. The zero-order chi connectivity index (χ0) is 15.8. The predicted octanol–water partition coefficient (Wildman–Crippen LogP) is 0.827. The summed E-state index contributed by atoms with van der Waals surface area (Å²) in [5, 5.41) is 10.0. The molecule has 3 heterocycles. The summed E-state index contributed by atoms with van der Waals surface area (Å²) in [6.07, 6.45) is 3.74. The van der Waals surface area contributed by atoms with Crippen molar-refractivity contribution in [3.05, 3.63) is 35.4 Å². The third-order valence-electron chi connectivity index (χ3n) is 5.58. The van der Waals surface area contributed by atoms with E-state index in [4.69, 9.17) is 14.2 Å². The van der Waals surface area contributed by atoms with Gasteiger partial charge in [-0.1, -0.05) is 12.2 Å². The number of aliphatic hydroxyl groups is 1.